The number of benzene rings is 1. The molecule has 1 aliphatic heterocycles. The summed E-state index contributed by atoms with van der Waals surface area (Å²) in [5.74, 6) is -1.66. The van der Waals surface area contributed by atoms with Crippen LogP contribution in [-0.4, -0.2) is 34.5 Å². The van der Waals surface area contributed by atoms with E-state index in [1.807, 2.05) is 0 Å². The van der Waals surface area contributed by atoms with Gasteiger partial charge >= 0.3 is 5.97 Å². The molecule has 0 saturated carbocycles. The van der Waals surface area contributed by atoms with E-state index in [1.165, 1.54) is 23.1 Å². The molecule has 0 spiro atoms. The first-order chi connectivity index (χ1) is 11.1. The van der Waals surface area contributed by atoms with Crippen molar-refractivity contribution in [2.24, 2.45) is 0 Å². The zero-order chi connectivity index (χ0) is 16.4. The molecular weight excluding hydrogens is 301 g/mol. The van der Waals surface area contributed by atoms with E-state index in [2.05, 4.69) is 0 Å². The van der Waals surface area contributed by atoms with Crippen LogP contribution in [0.1, 0.15) is 29.8 Å². The van der Waals surface area contributed by atoms with Gasteiger partial charge in [0.25, 0.3) is 5.91 Å². The molecule has 1 N–H and O–H groups in total. The van der Waals surface area contributed by atoms with Crippen molar-refractivity contribution in [1.29, 1.82) is 0 Å². The highest BCUT2D eigenvalue weighted by atomic mass is 19.1. The van der Waals surface area contributed by atoms with Gasteiger partial charge in [-0.15, -0.1) is 0 Å². The average Bonchev–Trinajstić information content (AvgIpc) is 3.04. The molecule has 1 aliphatic rings. The number of nitrogens with zero attached hydrogens (tertiary/aromatic N) is 1. The molecule has 1 aromatic carbocycles. The summed E-state index contributed by atoms with van der Waals surface area (Å²) in [7, 11) is 0. The summed E-state index contributed by atoms with van der Waals surface area (Å²) in [6.45, 7) is 0.380. The smallest absolute Gasteiger partial charge is 0.326 e. The van der Waals surface area contributed by atoms with E-state index in [4.69, 9.17) is 4.42 Å². The van der Waals surface area contributed by atoms with Crippen LogP contribution in [-0.2, 0) is 4.79 Å². The highest BCUT2D eigenvalue weighted by Gasteiger charge is 2.33. The van der Waals surface area contributed by atoms with Crippen LogP contribution in [0.5, 0.6) is 0 Å². The Labute approximate surface area is 132 Å². The number of carboxylic acids is 1. The third kappa shape index (κ3) is 2.97. The summed E-state index contributed by atoms with van der Waals surface area (Å²) in [5, 5.41) is 9.25. The van der Waals surface area contributed by atoms with Gasteiger partial charge in [0, 0.05) is 6.54 Å². The molecule has 23 heavy (non-hydrogen) atoms. The highest BCUT2D eigenvalue weighted by molar-refractivity contribution is 5.95. The maximum Gasteiger partial charge on any atom is 0.326 e. The fraction of sp³-hybridized carbons (Fsp3) is 0.294. The van der Waals surface area contributed by atoms with Gasteiger partial charge in [-0.25, -0.2) is 9.18 Å². The molecule has 0 bridgehead atoms. The fourth-order valence-corrected chi connectivity index (χ4v) is 2.83. The topological polar surface area (TPSA) is 70.8 Å². The number of hydrogen-bond donors (Lipinski definition) is 1. The van der Waals surface area contributed by atoms with Crippen LogP contribution in [0.2, 0.25) is 0 Å². The van der Waals surface area contributed by atoms with Gasteiger partial charge in [-0.3, -0.25) is 4.79 Å². The predicted octanol–water partition coefficient (Wildman–Crippen LogP) is 3.17. The van der Waals surface area contributed by atoms with Gasteiger partial charge in [-0.2, -0.15) is 0 Å². The fourth-order valence-electron chi connectivity index (χ4n) is 2.83. The Balaban J connectivity index is 1.86. The van der Waals surface area contributed by atoms with Gasteiger partial charge in [0.15, 0.2) is 5.76 Å². The summed E-state index contributed by atoms with van der Waals surface area (Å²) < 4.78 is 19.2. The normalized spacial score (nSPS) is 18.0. The molecule has 3 rings (SSSR count). The molecule has 0 aliphatic carbocycles. The van der Waals surface area contributed by atoms with Crippen LogP contribution >= 0.6 is 0 Å². The summed E-state index contributed by atoms with van der Waals surface area (Å²) in [4.78, 5) is 25.1. The van der Waals surface area contributed by atoms with E-state index in [0.717, 1.165) is 12.8 Å². The Morgan fingerprint density at radius 1 is 1.17 bits per heavy atom. The van der Waals surface area contributed by atoms with Crippen LogP contribution in [0.3, 0.4) is 0 Å². The number of carbonyl (C=O) groups is 2. The second kappa shape index (κ2) is 6.24. The van der Waals surface area contributed by atoms with Crippen LogP contribution in [0.25, 0.3) is 11.3 Å². The molecule has 1 amide bonds. The number of carboxylic acid groups (broad SMARTS) is 1. The van der Waals surface area contributed by atoms with E-state index in [1.54, 1.807) is 18.2 Å². The molecule has 120 valence electrons. The number of furan rings is 1. The molecule has 1 aromatic heterocycles. The molecule has 2 heterocycles. The number of rotatable bonds is 3. The Kier molecular flexibility index (Phi) is 4.14. The number of aliphatic carboxylic acids is 1. The van der Waals surface area contributed by atoms with Crippen LogP contribution in [0.4, 0.5) is 4.39 Å². The van der Waals surface area contributed by atoms with Crippen molar-refractivity contribution in [2.75, 3.05) is 6.54 Å². The van der Waals surface area contributed by atoms with Crippen molar-refractivity contribution in [1.82, 2.24) is 4.90 Å². The monoisotopic (exact) mass is 317 g/mol. The number of hydrogen-bond acceptors (Lipinski definition) is 3. The minimum absolute atomic E-state index is 0.0244. The molecule has 2 aromatic rings. The standard InChI is InChI=1S/C17H16FNO4/c18-12-6-2-1-5-11(12)14-8-9-15(23-14)16(20)19-10-4-3-7-13(19)17(21)22/h1-2,5-6,8-9,13H,3-4,7,10H2,(H,21,22). The van der Waals surface area contributed by atoms with Crippen molar-refractivity contribution < 1.29 is 23.5 Å². The second-order valence-electron chi connectivity index (χ2n) is 5.49. The maximum absolute atomic E-state index is 13.8. The van der Waals surface area contributed by atoms with E-state index in [9.17, 15) is 19.1 Å². The highest BCUT2D eigenvalue weighted by Crippen LogP contribution is 2.27. The predicted molar refractivity (Wildman–Crippen MR) is 80.4 cm³/mol. The Hall–Kier alpha value is -2.63. The molecule has 0 radical (unpaired) electrons. The number of likely N-dealkylation sites (tertiary alicyclic amines) is 1. The van der Waals surface area contributed by atoms with Gasteiger partial charge in [-0.05, 0) is 43.5 Å². The molecule has 6 heteroatoms. The average molecular weight is 317 g/mol. The number of piperidine rings is 1. The summed E-state index contributed by atoms with van der Waals surface area (Å²) in [5.41, 5.74) is 0.264. The van der Waals surface area contributed by atoms with Crippen LogP contribution < -0.4 is 0 Å². The summed E-state index contributed by atoms with van der Waals surface area (Å²) >= 11 is 0. The number of carbonyl (C=O) groups excluding carboxylic acids is 1. The molecular formula is C17H16FNO4. The third-order valence-electron chi connectivity index (χ3n) is 4.00. The third-order valence-corrected chi connectivity index (χ3v) is 4.00. The Morgan fingerprint density at radius 3 is 2.70 bits per heavy atom. The van der Waals surface area contributed by atoms with Gasteiger partial charge in [0.2, 0.25) is 0 Å². The lowest BCUT2D eigenvalue weighted by molar-refractivity contribution is -0.143. The Bertz CT molecular complexity index is 740. The second-order valence-corrected chi connectivity index (χ2v) is 5.49. The minimum Gasteiger partial charge on any atom is -0.480 e. The first-order valence-corrected chi connectivity index (χ1v) is 7.46. The van der Waals surface area contributed by atoms with Crippen molar-refractivity contribution in [3.05, 3.63) is 48.0 Å². The van der Waals surface area contributed by atoms with Gasteiger partial charge in [0.1, 0.15) is 17.6 Å². The van der Waals surface area contributed by atoms with Crippen molar-refractivity contribution in [3.8, 4) is 11.3 Å². The van der Waals surface area contributed by atoms with Crippen LogP contribution in [0.15, 0.2) is 40.8 Å². The first kappa shape index (κ1) is 15.3. The van der Waals surface area contributed by atoms with Crippen molar-refractivity contribution in [2.45, 2.75) is 25.3 Å². The summed E-state index contributed by atoms with van der Waals surface area (Å²) in [6, 6.07) is 8.25. The molecule has 1 unspecified atom stereocenters. The lowest BCUT2D eigenvalue weighted by atomic mass is 10.0. The van der Waals surface area contributed by atoms with Crippen molar-refractivity contribution >= 4 is 11.9 Å². The molecule has 5 nitrogen and oxygen atoms in total. The molecule has 1 atom stereocenters. The quantitative estimate of drug-likeness (QED) is 0.944. The van der Waals surface area contributed by atoms with Gasteiger partial charge < -0.3 is 14.4 Å². The van der Waals surface area contributed by atoms with Crippen molar-refractivity contribution in [3.63, 3.8) is 0 Å². The number of halogens is 1. The lowest BCUT2D eigenvalue weighted by Gasteiger charge is -2.32. The minimum atomic E-state index is -1.01. The van der Waals surface area contributed by atoms with Gasteiger partial charge in [0.05, 0.1) is 5.56 Å². The zero-order valence-corrected chi connectivity index (χ0v) is 12.4. The maximum atomic E-state index is 13.8. The zero-order valence-electron chi connectivity index (χ0n) is 12.4. The van der Waals surface area contributed by atoms with E-state index < -0.39 is 23.7 Å². The first-order valence-electron chi connectivity index (χ1n) is 7.46. The molecule has 1 saturated heterocycles. The van der Waals surface area contributed by atoms with Gasteiger partial charge in [-0.1, -0.05) is 12.1 Å². The SMILES string of the molecule is O=C(O)C1CCCCN1C(=O)c1ccc(-c2ccccc2F)o1. The Morgan fingerprint density at radius 2 is 1.96 bits per heavy atom. The lowest BCUT2D eigenvalue weighted by Crippen LogP contribution is -2.47. The molecule has 1 fully saturated rings. The van der Waals surface area contributed by atoms with Crippen LogP contribution in [0, 0.1) is 5.82 Å². The van der Waals surface area contributed by atoms with E-state index in [-0.39, 0.29) is 17.1 Å². The van der Waals surface area contributed by atoms with E-state index in [0.29, 0.717) is 13.0 Å². The largest absolute Gasteiger partial charge is 0.480 e. The summed E-state index contributed by atoms with van der Waals surface area (Å²) in [6.07, 6.45) is 1.97. The van der Waals surface area contributed by atoms with E-state index >= 15 is 0 Å². The number of amides is 1.